The molecule has 2 aliphatic carbocycles. The van der Waals surface area contributed by atoms with Crippen LogP contribution in [-0.2, 0) is 4.57 Å². The normalized spacial score (nSPS) is 16.0. The zero-order chi connectivity index (χ0) is 32.5. The molecule has 0 saturated carbocycles. The highest BCUT2D eigenvalue weighted by Gasteiger charge is 2.32. The molecule has 10 rings (SSSR count). The van der Waals surface area contributed by atoms with Crippen LogP contribution < -0.4 is 15.9 Å². The number of benzene rings is 7. The molecule has 232 valence electrons. The maximum atomic E-state index is 15.8. The van der Waals surface area contributed by atoms with Gasteiger partial charge in [0.05, 0.1) is 0 Å². The molecule has 0 spiro atoms. The van der Waals surface area contributed by atoms with Crippen LogP contribution in [0.25, 0.3) is 66.1 Å². The molecule has 0 bridgehead atoms. The van der Waals surface area contributed by atoms with Crippen LogP contribution in [0, 0.1) is 0 Å². The van der Waals surface area contributed by atoms with Gasteiger partial charge in [-0.3, -0.25) is 0 Å². The molecule has 2 nitrogen and oxygen atoms in total. The fourth-order valence-electron chi connectivity index (χ4n) is 8.02. The average Bonchev–Trinajstić information content (AvgIpc) is 3.71. The van der Waals surface area contributed by atoms with E-state index in [4.69, 9.17) is 4.42 Å². The van der Waals surface area contributed by atoms with E-state index in [1.807, 2.05) is 36.4 Å². The largest absolute Gasteiger partial charge is 0.456 e. The van der Waals surface area contributed by atoms with Gasteiger partial charge in [-0.1, -0.05) is 146 Å². The summed E-state index contributed by atoms with van der Waals surface area (Å²) in [6.07, 6.45) is 9.62. The fourth-order valence-corrected chi connectivity index (χ4v) is 10.6. The number of furan rings is 1. The fraction of sp³-hybridized carbons (Fsp3) is 0.0435. The molecule has 0 saturated heterocycles. The second-order valence-electron chi connectivity index (χ2n) is 13.1. The zero-order valence-electron chi connectivity index (χ0n) is 26.7. The van der Waals surface area contributed by atoms with Crippen molar-refractivity contribution in [3.63, 3.8) is 0 Å². The summed E-state index contributed by atoms with van der Waals surface area (Å²) in [5.74, 6) is 0.328. The van der Waals surface area contributed by atoms with E-state index in [0.717, 1.165) is 55.4 Å². The first-order valence-electron chi connectivity index (χ1n) is 16.9. The van der Waals surface area contributed by atoms with Gasteiger partial charge in [-0.25, -0.2) is 0 Å². The molecule has 0 amide bonds. The monoisotopic (exact) mass is 646 g/mol. The van der Waals surface area contributed by atoms with Crippen molar-refractivity contribution < 1.29 is 8.98 Å². The topological polar surface area (TPSA) is 30.2 Å². The van der Waals surface area contributed by atoms with Gasteiger partial charge in [0.15, 0.2) is 7.14 Å². The molecular weight excluding hydrogens is 615 g/mol. The Morgan fingerprint density at radius 3 is 1.94 bits per heavy atom. The Morgan fingerprint density at radius 2 is 1.18 bits per heavy atom. The van der Waals surface area contributed by atoms with Crippen LogP contribution in [0.15, 0.2) is 174 Å². The van der Waals surface area contributed by atoms with E-state index < -0.39 is 7.14 Å². The minimum atomic E-state index is -3.29. The lowest BCUT2D eigenvalue weighted by molar-refractivity contribution is 0.592. The molecule has 0 aliphatic heterocycles. The van der Waals surface area contributed by atoms with Gasteiger partial charge in [-0.2, -0.15) is 0 Å². The van der Waals surface area contributed by atoms with Crippen molar-refractivity contribution >= 4 is 55.8 Å². The molecule has 0 radical (unpaired) electrons. The molecule has 0 fully saturated rings. The lowest BCUT2D eigenvalue weighted by Gasteiger charge is -2.21. The Kier molecular flexibility index (Phi) is 6.32. The Labute approximate surface area is 285 Å². The number of hydrogen-bond donors (Lipinski definition) is 0. The minimum Gasteiger partial charge on any atom is -0.456 e. The number of hydrogen-bond acceptors (Lipinski definition) is 2. The van der Waals surface area contributed by atoms with Gasteiger partial charge in [-0.15, -0.1) is 0 Å². The molecule has 49 heavy (non-hydrogen) atoms. The van der Waals surface area contributed by atoms with Crippen molar-refractivity contribution in [1.82, 2.24) is 0 Å². The second kappa shape index (κ2) is 10.9. The van der Waals surface area contributed by atoms with Gasteiger partial charge < -0.3 is 8.98 Å². The van der Waals surface area contributed by atoms with Crippen LogP contribution in [0.5, 0.6) is 0 Å². The quantitative estimate of drug-likeness (QED) is 0.174. The summed E-state index contributed by atoms with van der Waals surface area (Å²) in [4.78, 5) is 0. The molecular formula is C46H31O2P. The first kappa shape index (κ1) is 28.3. The molecule has 8 aromatic rings. The van der Waals surface area contributed by atoms with Crippen molar-refractivity contribution in [2.45, 2.75) is 12.3 Å². The van der Waals surface area contributed by atoms with Crippen molar-refractivity contribution in [3.8, 4) is 33.4 Å². The minimum absolute atomic E-state index is 0.328. The third kappa shape index (κ3) is 4.31. The van der Waals surface area contributed by atoms with Crippen molar-refractivity contribution in [2.75, 3.05) is 0 Å². The number of rotatable bonds is 5. The third-order valence-electron chi connectivity index (χ3n) is 10.5. The first-order chi connectivity index (χ1) is 24.2. The van der Waals surface area contributed by atoms with E-state index in [1.54, 1.807) is 0 Å². The van der Waals surface area contributed by atoms with Crippen LogP contribution in [0.2, 0.25) is 0 Å². The van der Waals surface area contributed by atoms with E-state index in [2.05, 4.69) is 133 Å². The molecule has 7 aromatic carbocycles. The van der Waals surface area contributed by atoms with Crippen molar-refractivity contribution in [2.24, 2.45) is 0 Å². The highest BCUT2D eigenvalue weighted by Crippen LogP contribution is 2.51. The van der Waals surface area contributed by atoms with Crippen LogP contribution in [0.4, 0.5) is 0 Å². The lowest BCUT2D eigenvalue weighted by Crippen LogP contribution is -2.25. The summed E-state index contributed by atoms with van der Waals surface area (Å²) >= 11 is 0. The second-order valence-corrected chi connectivity index (χ2v) is 15.9. The van der Waals surface area contributed by atoms with Gasteiger partial charge in [0.25, 0.3) is 0 Å². The summed E-state index contributed by atoms with van der Waals surface area (Å²) in [6.45, 7) is 0. The highest BCUT2D eigenvalue weighted by molar-refractivity contribution is 7.85. The Balaban J connectivity index is 1.15. The third-order valence-corrected chi connectivity index (χ3v) is 13.5. The summed E-state index contributed by atoms with van der Waals surface area (Å²) in [7, 11) is -3.29. The van der Waals surface area contributed by atoms with Crippen LogP contribution in [0.1, 0.15) is 17.9 Å². The Morgan fingerprint density at radius 1 is 0.510 bits per heavy atom. The average molecular weight is 647 g/mol. The smallest absolute Gasteiger partial charge is 0.171 e. The first-order valence-corrected chi connectivity index (χ1v) is 18.6. The van der Waals surface area contributed by atoms with Gasteiger partial charge in [0.2, 0.25) is 0 Å². The maximum absolute atomic E-state index is 15.8. The van der Waals surface area contributed by atoms with Crippen LogP contribution in [0.3, 0.4) is 0 Å². The highest BCUT2D eigenvalue weighted by atomic mass is 31.2. The summed E-state index contributed by atoms with van der Waals surface area (Å²) in [5, 5.41) is 7.00. The molecule has 2 atom stereocenters. The Hall–Kier alpha value is -5.69. The van der Waals surface area contributed by atoms with E-state index in [0.29, 0.717) is 5.92 Å². The predicted molar refractivity (Wildman–Crippen MR) is 206 cm³/mol. The van der Waals surface area contributed by atoms with Crippen LogP contribution in [-0.4, -0.2) is 0 Å². The zero-order valence-corrected chi connectivity index (χ0v) is 27.6. The summed E-state index contributed by atoms with van der Waals surface area (Å²) in [6, 6.07) is 50.6. The van der Waals surface area contributed by atoms with E-state index in [-0.39, 0.29) is 0 Å². The maximum Gasteiger partial charge on any atom is 0.171 e. The molecule has 0 N–H and O–H groups in total. The molecule has 2 aliphatic rings. The van der Waals surface area contributed by atoms with Gasteiger partial charge in [-0.05, 0) is 80.4 Å². The number of allylic oxidation sites excluding steroid dienone is 4. The molecule has 1 aromatic heterocycles. The van der Waals surface area contributed by atoms with Crippen LogP contribution >= 0.6 is 7.14 Å². The molecule has 2 unspecified atom stereocenters. The predicted octanol–water partition coefficient (Wildman–Crippen LogP) is 11.3. The standard InChI is InChI=1S/C46H31O2P/c47-49(34-22-18-32(19-23-34)30-10-3-1-4-11-30,35-24-20-33(21-25-35)31-12-5-2-6-13-31)36-26-27-40-43(28-36)48-44-29-42-38-15-8-7-14-37(38)39-16-9-17-41(45(39)42)46(40)44/h1-12,14-29,31H,13H2. The molecule has 1 heterocycles. The Bertz CT molecular complexity index is 2690. The SMILES string of the molecule is O=P(c1ccc(-c2ccccc2)cc1)(c1ccc(C2C=CC=CC2)cc1)c1ccc2c(c1)oc1cc3c4c(cccc4c12)-c1ccccc1-3. The summed E-state index contributed by atoms with van der Waals surface area (Å²) in [5.41, 5.74) is 10.0. The summed E-state index contributed by atoms with van der Waals surface area (Å²) < 4.78 is 22.5. The van der Waals surface area contributed by atoms with E-state index in [9.17, 15) is 0 Å². The van der Waals surface area contributed by atoms with E-state index in [1.165, 1.54) is 38.6 Å². The van der Waals surface area contributed by atoms with Crippen molar-refractivity contribution in [3.05, 3.63) is 175 Å². The molecule has 3 heteroatoms. The van der Waals surface area contributed by atoms with Gasteiger partial charge >= 0.3 is 0 Å². The lowest BCUT2D eigenvalue weighted by atomic mass is 9.93. The van der Waals surface area contributed by atoms with E-state index >= 15 is 4.57 Å². The number of fused-ring (bicyclic) bond motifs is 7. The van der Waals surface area contributed by atoms with Gasteiger partial charge in [0, 0.05) is 32.6 Å². The van der Waals surface area contributed by atoms with Crippen molar-refractivity contribution in [1.29, 1.82) is 0 Å². The van der Waals surface area contributed by atoms with Gasteiger partial charge in [0.1, 0.15) is 11.2 Å².